The van der Waals surface area contributed by atoms with Gasteiger partial charge in [0.1, 0.15) is 18.0 Å². The highest BCUT2D eigenvalue weighted by Gasteiger charge is 2.28. The second kappa shape index (κ2) is 12.3. The Bertz CT molecular complexity index is 1220. The minimum atomic E-state index is -0.137. The summed E-state index contributed by atoms with van der Waals surface area (Å²) in [5.74, 6) is 1.09. The number of hydrogen-bond donors (Lipinski definition) is 1. The SMILES string of the molecule is C=C(C)/C=C(\C)c1ccc(CNc2cc(N3CCc4nc(SC)ncc4C3=O)ncn2)cc1.CC. The first-order valence-corrected chi connectivity index (χ1v) is 12.9. The molecule has 35 heavy (non-hydrogen) atoms. The molecule has 0 saturated heterocycles. The summed E-state index contributed by atoms with van der Waals surface area (Å²) in [5.41, 5.74) is 5.84. The number of anilines is 2. The van der Waals surface area contributed by atoms with Crippen molar-refractivity contribution >= 4 is 34.9 Å². The molecule has 1 aromatic carbocycles. The molecular formula is C27H32N6OS. The molecule has 0 atom stereocenters. The Hall–Kier alpha value is -3.52. The molecule has 0 bridgehead atoms. The molecule has 0 spiro atoms. The Kier molecular flexibility index (Phi) is 9.14. The topological polar surface area (TPSA) is 83.9 Å². The number of nitrogens with one attached hydrogen (secondary N) is 1. The standard InChI is InChI=1S/C25H26N6OS.C2H6/c1-16(2)11-17(3)19-7-5-18(6-8-19)13-26-22-12-23(29-15-28-22)31-10-9-21-20(24(31)32)14-27-25(30-21)33-4;1-2/h5-8,11-12,14-15H,1,9-10,13H2,2-4H3,(H,26,28,29);1-2H3/b17-11+;. The summed E-state index contributed by atoms with van der Waals surface area (Å²) in [7, 11) is 0. The Morgan fingerprint density at radius 3 is 2.60 bits per heavy atom. The average molecular weight is 489 g/mol. The molecular weight excluding hydrogens is 456 g/mol. The highest BCUT2D eigenvalue weighted by molar-refractivity contribution is 7.98. The van der Waals surface area contributed by atoms with Crippen molar-refractivity contribution in [3.63, 3.8) is 0 Å². The van der Waals surface area contributed by atoms with Crippen molar-refractivity contribution in [3.05, 3.63) is 83.5 Å². The van der Waals surface area contributed by atoms with E-state index in [1.54, 1.807) is 17.2 Å². The lowest BCUT2D eigenvalue weighted by atomic mass is 10.0. The van der Waals surface area contributed by atoms with E-state index in [9.17, 15) is 4.79 Å². The van der Waals surface area contributed by atoms with Crippen LogP contribution in [0.2, 0.25) is 0 Å². The van der Waals surface area contributed by atoms with Crippen molar-refractivity contribution in [1.82, 2.24) is 19.9 Å². The predicted octanol–water partition coefficient (Wildman–Crippen LogP) is 5.81. The van der Waals surface area contributed by atoms with Gasteiger partial charge in [0.15, 0.2) is 5.16 Å². The third-order valence-electron chi connectivity index (χ3n) is 5.35. The van der Waals surface area contributed by atoms with Gasteiger partial charge in [0.05, 0.1) is 11.3 Å². The lowest BCUT2D eigenvalue weighted by Crippen LogP contribution is -2.39. The maximum Gasteiger partial charge on any atom is 0.262 e. The minimum Gasteiger partial charge on any atom is -0.366 e. The molecule has 0 aliphatic carbocycles. The number of carbonyl (C=O) groups is 1. The minimum absolute atomic E-state index is 0.137. The van der Waals surface area contributed by atoms with Crippen molar-refractivity contribution in [2.24, 2.45) is 0 Å². The van der Waals surface area contributed by atoms with Crippen LogP contribution in [0.15, 0.2) is 66.2 Å². The van der Waals surface area contributed by atoms with Crippen LogP contribution >= 0.6 is 11.8 Å². The quantitative estimate of drug-likeness (QED) is 0.255. The highest BCUT2D eigenvalue weighted by atomic mass is 32.2. The van der Waals surface area contributed by atoms with Gasteiger partial charge in [-0.1, -0.05) is 68.1 Å². The van der Waals surface area contributed by atoms with Gasteiger partial charge in [0.25, 0.3) is 5.91 Å². The number of carbonyl (C=O) groups excluding carboxylic acids is 1. The first-order chi connectivity index (χ1) is 16.9. The van der Waals surface area contributed by atoms with E-state index in [0.29, 0.717) is 41.9 Å². The summed E-state index contributed by atoms with van der Waals surface area (Å²) >= 11 is 1.47. The first-order valence-electron chi connectivity index (χ1n) is 11.7. The van der Waals surface area contributed by atoms with Gasteiger partial charge in [-0.15, -0.1) is 0 Å². The molecule has 1 N–H and O–H groups in total. The van der Waals surface area contributed by atoms with Crippen molar-refractivity contribution in [2.45, 2.75) is 45.8 Å². The third kappa shape index (κ3) is 6.54. The third-order valence-corrected chi connectivity index (χ3v) is 5.91. The lowest BCUT2D eigenvalue weighted by Gasteiger charge is -2.27. The van der Waals surface area contributed by atoms with Crippen LogP contribution in [0.25, 0.3) is 5.57 Å². The van der Waals surface area contributed by atoms with Gasteiger partial charge in [-0.3, -0.25) is 9.69 Å². The molecule has 1 aliphatic heterocycles. The Morgan fingerprint density at radius 1 is 1.17 bits per heavy atom. The number of amides is 1. The number of allylic oxidation sites excluding steroid dienone is 3. The fourth-order valence-electron chi connectivity index (χ4n) is 3.67. The molecule has 182 valence electrons. The van der Waals surface area contributed by atoms with Gasteiger partial charge in [0, 0.05) is 31.8 Å². The number of fused-ring (bicyclic) bond motifs is 1. The van der Waals surface area contributed by atoms with Crippen LogP contribution in [0.5, 0.6) is 0 Å². The molecule has 7 nitrogen and oxygen atoms in total. The van der Waals surface area contributed by atoms with E-state index in [2.05, 4.69) is 69.1 Å². The fourth-order valence-corrected chi connectivity index (χ4v) is 4.03. The molecule has 0 fully saturated rings. The zero-order valence-corrected chi connectivity index (χ0v) is 21.8. The van der Waals surface area contributed by atoms with Crippen LogP contribution in [0.1, 0.15) is 54.9 Å². The van der Waals surface area contributed by atoms with Crippen molar-refractivity contribution in [3.8, 4) is 0 Å². The van der Waals surface area contributed by atoms with Crippen LogP contribution in [-0.4, -0.2) is 38.6 Å². The molecule has 8 heteroatoms. The van der Waals surface area contributed by atoms with Crippen LogP contribution in [-0.2, 0) is 13.0 Å². The summed E-state index contributed by atoms with van der Waals surface area (Å²) < 4.78 is 0. The molecule has 3 heterocycles. The maximum atomic E-state index is 13.0. The van der Waals surface area contributed by atoms with E-state index < -0.39 is 0 Å². The summed E-state index contributed by atoms with van der Waals surface area (Å²) in [6.07, 6.45) is 7.74. The smallest absolute Gasteiger partial charge is 0.262 e. The first kappa shape index (κ1) is 26.1. The van der Waals surface area contributed by atoms with E-state index in [1.807, 2.05) is 27.0 Å². The van der Waals surface area contributed by atoms with Crippen LogP contribution in [0.4, 0.5) is 11.6 Å². The summed E-state index contributed by atoms with van der Waals surface area (Å²) in [6.45, 7) is 13.1. The van der Waals surface area contributed by atoms with Gasteiger partial charge in [-0.05, 0) is 36.8 Å². The number of rotatable bonds is 7. The number of nitrogens with zero attached hydrogens (tertiary/aromatic N) is 5. The Labute approximate surface area is 211 Å². The molecule has 1 amide bonds. The second-order valence-electron chi connectivity index (χ2n) is 7.91. The van der Waals surface area contributed by atoms with E-state index in [4.69, 9.17) is 0 Å². The summed E-state index contributed by atoms with van der Waals surface area (Å²) in [4.78, 5) is 32.0. The van der Waals surface area contributed by atoms with E-state index in [-0.39, 0.29) is 5.91 Å². The number of thioether (sulfide) groups is 1. The highest BCUT2D eigenvalue weighted by Crippen LogP contribution is 2.24. The van der Waals surface area contributed by atoms with Crippen molar-refractivity contribution in [1.29, 1.82) is 0 Å². The van der Waals surface area contributed by atoms with Gasteiger partial charge in [-0.2, -0.15) is 0 Å². The molecule has 3 aromatic rings. The molecule has 1 aliphatic rings. The van der Waals surface area contributed by atoms with E-state index in [0.717, 1.165) is 16.8 Å². The number of hydrogen-bond acceptors (Lipinski definition) is 7. The molecule has 0 radical (unpaired) electrons. The summed E-state index contributed by atoms with van der Waals surface area (Å²) in [5, 5.41) is 4.00. The normalized spacial score (nSPS) is 13.0. The van der Waals surface area contributed by atoms with Gasteiger partial charge in [0.2, 0.25) is 0 Å². The number of aromatic nitrogens is 4. The van der Waals surface area contributed by atoms with Crippen LogP contribution < -0.4 is 10.2 Å². The maximum absolute atomic E-state index is 13.0. The Balaban J connectivity index is 0.00000167. The van der Waals surface area contributed by atoms with E-state index >= 15 is 0 Å². The lowest BCUT2D eigenvalue weighted by molar-refractivity contribution is 0.0978. The van der Waals surface area contributed by atoms with Crippen LogP contribution in [0, 0.1) is 0 Å². The predicted molar refractivity (Wildman–Crippen MR) is 145 cm³/mol. The van der Waals surface area contributed by atoms with Gasteiger partial charge < -0.3 is 5.32 Å². The van der Waals surface area contributed by atoms with Crippen LogP contribution in [0.3, 0.4) is 0 Å². The van der Waals surface area contributed by atoms with Crippen molar-refractivity contribution < 1.29 is 4.79 Å². The molecule has 2 aromatic heterocycles. The van der Waals surface area contributed by atoms with Gasteiger partial charge in [-0.25, -0.2) is 19.9 Å². The fraction of sp³-hybridized carbons (Fsp3) is 0.296. The number of benzene rings is 1. The molecule has 0 unspecified atom stereocenters. The molecule has 4 rings (SSSR count). The second-order valence-corrected chi connectivity index (χ2v) is 8.68. The monoisotopic (exact) mass is 488 g/mol. The summed E-state index contributed by atoms with van der Waals surface area (Å²) in [6, 6.07) is 10.2. The van der Waals surface area contributed by atoms with E-state index in [1.165, 1.54) is 29.2 Å². The zero-order valence-electron chi connectivity index (χ0n) is 21.0. The largest absolute Gasteiger partial charge is 0.366 e. The Morgan fingerprint density at radius 2 is 1.91 bits per heavy atom. The average Bonchev–Trinajstić information content (AvgIpc) is 2.88. The van der Waals surface area contributed by atoms with Crippen molar-refractivity contribution in [2.75, 3.05) is 23.0 Å². The van der Waals surface area contributed by atoms with Gasteiger partial charge >= 0.3 is 0 Å². The zero-order chi connectivity index (χ0) is 25.4. The molecule has 0 saturated carbocycles.